The van der Waals surface area contributed by atoms with E-state index in [0.717, 1.165) is 29.0 Å². The first-order valence-corrected chi connectivity index (χ1v) is 9.01. The summed E-state index contributed by atoms with van der Waals surface area (Å²) in [6.07, 6.45) is 4.98. The van der Waals surface area contributed by atoms with Crippen LogP contribution in [0.1, 0.15) is 48.7 Å². The van der Waals surface area contributed by atoms with E-state index in [1.54, 1.807) is 24.3 Å². The van der Waals surface area contributed by atoms with Gasteiger partial charge >= 0.3 is 0 Å². The van der Waals surface area contributed by atoms with Gasteiger partial charge < -0.3 is 15.4 Å². The first-order valence-electron chi connectivity index (χ1n) is 9.01. The van der Waals surface area contributed by atoms with Crippen LogP contribution in [-0.4, -0.2) is 17.4 Å². The number of anilines is 2. The molecule has 1 aliphatic heterocycles. The minimum absolute atomic E-state index is 0.147. The molecule has 2 aromatic carbocycles. The zero-order valence-corrected chi connectivity index (χ0v) is 16.1. The highest BCUT2D eigenvalue weighted by Crippen LogP contribution is 2.36. The van der Waals surface area contributed by atoms with Crippen LogP contribution in [0.4, 0.5) is 11.4 Å². The number of ether oxygens (including phenoxy) is 1. The molecule has 27 heavy (non-hydrogen) atoms. The number of benzene rings is 2. The molecule has 0 aromatic heterocycles. The summed E-state index contributed by atoms with van der Waals surface area (Å²) in [4.78, 5) is 23.7. The number of nitrogens with one attached hydrogen (secondary N) is 2. The molecular weight excluding hydrogens is 340 g/mol. The third-order valence-corrected chi connectivity index (χ3v) is 4.73. The molecule has 1 aliphatic rings. The Bertz CT molecular complexity index is 916. The minimum atomic E-state index is -0.292. The van der Waals surface area contributed by atoms with Crippen LogP contribution in [0.15, 0.2) is 42.5 Å². The maximum atomic E-state index is 12.6. The number of carbonyl (C=O) groups excluding carboxylic acids is 2. The van der Waals surface area contributed by atoms with E-state index >= 15 is 0 Å². The Labute approximate surface area is 159 Å². The first kappa shape index (κ1) is 18.7. The average Bonchev–Trinajstić information content (AvgIpc) is 2.62. The Hall–Kier alpha value is -3.08. The van der Waals surface area contributed by atoms with E-state index in [9.17, 15) is 9.59 Å². The Morgan fingerprint density at radius 3 is 2.44 bits per heavy atom. The standard InChI is InChI=1S/C22H24N2O3/c1-5-22(4)11-10-17-13-19(14(2)12-20(17)27-22)24-21(26)16-6-8-18(9-7-16)23-15(3)25/h6-13H,5H2,1-4H3,(H,23,25)(H,24,26). The minimum Gasteiger partial charge on any atom is -0.483 e. The van der Waals surface area contributed by atoms with Crippen LogP contribution in [-0.2, 0) is 4.79 Å². The summed E-state index contributed by atoms with van der Waals surface area (Å²) < 4.78 is 6.10. The highest BCUT2D eigenvalue weighted by atomic mass is 16.5. The van der Waals surface area contributed by atoms with Crippen molar-refractivity contribution in [2.75, 3.05) is 10.6 Å². The second-order valence-corrected chi connectivity index (χ2v) is 7.02. The van der Waals surface area contributed by atoms with E-state index in [1.807, 2.05) is 25.1 Å². The van der Waals surface area contributed by atoms with E-state index in [2.05, 4.69) is 30.6 Å². The van der Waals surface area contributed by atoms with E-state index in [4.69, 9.17) is 4.74 Å². The van der Waals surface area contributed by atoms with Crippen LogP contribution in [0.25, 0.3) is 6.08 Å². The van der Waals surface area contributed by atoms with E-state index in [1.165, 1.54) is 6.92 Å². The molecule has 0 saturated carbocycles. The molecule has 140 valence electrons. The Morgan fingerprint density at radius 2 is 1.81 bits per heavy atom. The van der Waals surface area contributed by atoms with Crippen LogP contribution < -0.4 is 15.4 Å². The fourth-order valence-corrected chi connectivity index (χ4v) is 2.90. The van der Waals surface area contributed by atoms with Crippen molar-refractivity contribution in [2.45, 2.75) is 39.7 Å². The Kier molecular flexibility index (Phi) is 5.04. The summed E-state index contributed by atoms with van der Waals surface area (Å²) in [5, 5.41) is 5.64. The van der Waals surface area contributed by atoms with Crippen LogP contribution in [0.2, 0.25) is 0 Å². The van der Waals surface area contributed by atoms with E-state index < -0.39 is 0 Å². The predicted octanol–water partition coefficient (Wildman–Crippen LogP) is 4.78. The lowest BCUT2D eigenvalue weighted by Gasteiger charge is -2.31. The van der Waals surface area contributed by atoms with Gasteiger partial charge in [-0.3, -0.25) is 9.59 Å². The van der Waals surface area contributed by atoms with Crippen molar-refractivity contribution < 1.29 is 14.3 Å². The van der Waals surface area contributed by atoms with Crippen molar-refractivity contribution in [3.05, 3.63) is 59.2 Å². The Morgan fingerprint density at radius 1 is 1.11 bits per heavy atom. The summed E-state index contributed by atoms with van der Waals surface area (Å²) >= 11 is 0. The van der Waals surface area contributed by atoms with Crippen LogP contribution in [0, 0.1) is 6.92 Å². The lowest BCUT2D eigenvalue weighted by molar-refractivity contribution is -0.114. The van der Waals surface area contributed by atoms with Gasteiger partial charge in [-0.05, 0) is 68.3 Å². The van der Waals surface area contributed by atoms with E-state index in [0.29, 0.717) is 11.3 Å². The molecule has 0 saturated heterocycles. The van der Waals surface area contributed by atoms with Gasteiger partial charge in [0.15, 0.2) is 0 Å². The summed E-state index contributed by atoms with van der Waals surface area (Å²) in [5.74, 6) is 0.481. The summed E-state index contributed by atoms with van der Waals surface area (Å²) in [6, 6.07) is 10.7. The lowest BCUT2D eigenvalue weighted by atomic mass is 9.96. The van der Waals surface area contributed by atoms with Gasteiger partial charge in [-0.25, -0.2) is 0 Å². The van der Waals surface area contributed by atoms with Crippen molar-refractivity contribution in [2.24, 2.45) is 0 Å². The number of aryl methyl sites for hydroxylation is 1. The normalized spacial score (nSPS) is 17.6. The molecule has 0 aliphatic carbocycles. The van der Waals surface area contributed by atoms with Crippen molar-refractivity contribution in [3.63, 3.8) is 0 Å². The van der Waals surface area contributed by atoms with Crippen LogP contribution >= 0.6 is 0 Å². The van der Waals surface area contributed by atoms with Gasteiger partial charge in [0.1, 0.15) is 11.4 Å². The van der Waals surface area contributed by atoms with E-state index in [-0.39, 0.29) is 17.4 Å². The molecule has 2 amide bonds. The Balaban J connectivity index is 1.78. The number of fused-ring (bicyclic) bond motifs is 1. The highest BCUT2D eigenvalue weighted by molar-refractivity contribution is 6.05. The molecule has 5 nitrogen and oxygen atoms in total. The van der Waals surface area contributed by atoms with Crippen LogP contribution in [0.5, 0.6) is 5.75 Å². The molecule has 2 N–H and O–H groups in total. The number of rotatable bonds is 4. The van der Waals surface area contributed by atoms with Crippen molar-refractivity contribution in [1.29, 1.82) is 0 Å². The third kappa shape index (κ3) is 4.19. The molecule has 0 spiro atoms. The fourth-order valence-electron chi connectivity index (χ4n) is 2.90. The molecule has 1 atom stereocenters. The molecular formula is C22H24N2O3. The molecule has 2 aromatic rings. The average molecular weight is 364 g/mol. The summed E-state index contributed by atoms with van der Waals surface area (Å²) in [5.41, 5.74) is 3.52. The van der Waals surface area contributed by atoms with Gasteiger partial charge in [-0.15, -0.1) is 0 Å². The molecule has 0 bridgehead atoms. The van der Waals surface area contributed by atoms with Gasteiger partial charge in [-0.1, -0.05) is 13.0 Å². The molecule has 1 heterocycles. The van der Waals surface area contributed by atoms with Crippen molar-refractivity contribution >= 4 is 29.3 Å². The second kappa shape index (κ2) is 7.27. The first-order chi connectivity index (χ1) is 12.8. The number of carbonyl (C=O) groups is 2. The highest BCUT2D eigenvalue weighted by Gasteiger charge is 2.26. The van der Waals surface area contributed by atoms with Gasteiger partial charge in [-0.2, -0.15) is 0 Å². The van der Waals surface area contributed by atoms with Gasteiger partial charge in [0.05, 0.1) is 0 Å². The lowest BCUT2D eigenvalue weighted by Crippen LogP contribution is -2.30. The van der Waals surface area contributed by atoms with Gasteiger partial charge in [0.2, 0.25) is 5.91 Å². The molecule has 3 rings (SSSR count). The fraction of sp³-hybridized carbons (Fsp3) is 0.273. The molecule has 0 fully saturated rings. The summed E-state index contributed by atoms with van der Waals surface area (Å²) in [6.45, 7) is 7.54. The number of hydrogen-bond acceptors (Lipinski definition) is 3. The van der Waals surface area contributed by atoms with Crippen molar-refractivity contribution in [3.8, 4) is 5.75 Å². The monoisotopic (exact) mass is 364 g/mol. The second-order valence-electron chi connectivity index (χ2n) is 7.02. The number of hydrogen-bond donors (Lipinski definition) is 2. The largest absolute Gasteiger partial charge is 0.483 e. The smallest absolute Gasteiger partial charge is 0.255 e. The van der Waals surface area contributed by atoms with Crippen molar-refractivity contribution in [1.82, 2.24) is 0 Å². The topological polar surface area (TPSA) is 67.4 Å². The molecule has 0 radical (unpaired) electrons. The molecule has 1 unspecified atom stereocenters. The predicted molar refractivity (Wildman–Crippen MR) is 108 cm³/mol. The van der Waals surface area contributed by atoms with Gasteiger partial charge in [0, 0.05) is 29.4 Å². The van der Waals surface area contributed by atoms with Crippen LogP contribution in [0.3, 0.4) is 0 Å². The number of amides is 2. The van der Waals surface area contributed by atoms with Gasteiger partial charge in [0.25, 0.3) is 5.91 Å². The summed E-state index contributed by atoms with van der Waals surface area (Å²) in [7, 11) is 0. The maximum Gasteiger partial charge on any atom is 0.255 e. The SMILES string of the molecule is CCC1(C)C=Cc2cc(NC(=O)c3ccc(NC(C)=O)cc3)c(C)cc2O1. The quantitative estimate of drug-likeness (QED) is 0.820. The zero-order valence-electron chi connectivity index (χ0n) is 16.1. The maximum absolute atomic E-state index is 12.6. The molecule has 5 heteroatoms. The zero-order chi connectivity index (χ0) is 19.6. The third-order valence-electron chi connectivity index (χ3n) is 4.73.